The van der Waals surface area contributed by atoms with E-state index in [1.165, 1.54) is 11.4 Å². The van der Waals surface area contributed by atoms with Gasteiger partial charge in [-0.15, -0.1) is 0 Å². The molecule has 2 saturated carbocycles. The highest BCUT2D eigenvalue weighted by molar-refractivity contribution is 7.89. The minimum absolute atomic E-state index is 0.0312. The number of sulfonamides is 1. The molecule has 2 fully saturated rings. The second-order valence-corrected chi connectivity index (χ2v) is 9.71. The summed E-state index contributed by atoms with van der Waals surface area (Å²) in [5.74, 6) is 1.10. The highest BCUT2D eigenvalue weighted by Gasteiger charge is 2.65. The molecule has 0 unspecified atom stereocenters. The van der Waals surface area contributed by atoms with Gasteiger partial charge in [-0.05, 0) is 24.2 Å². The average molecular weight is 355 g/mol. The third-order valence-electron chi connectivity index (χ3n) is 6.23. The van der Waals surface area contributed by atoms with Crippen LogP contribution in [0.3, 0.4) is 0 Å². The fraction of sp³-hybridized carbons (Fsp3) is 0.812. The molecule has 0 amide bonds. The summed E-state index contributed by atoms with van der Waals surface area (Å²) in [6, 6.07) is 0. The van der Waals surface area contributed by atoms with E-state index < -0.39 is 15.4 Å². The van der Waals surface area contributed by atoms with E-state index in [1.54, 1.807) is 0 Å². The lowest BCUT2D eigenvalue weighted by atomic mass is 9.70. The Labute approximate surface area is 142 Å². The standard InChI is InChI=1S/C16H25N3O4S/c1-5-13-17-14(23-18-13)9-19(4)24(21,22)10-16-7-6-11(8-12(16)20)15(16,2)3/h11H,5-10H2,1-4H3/t11-,16-/m1/s1. The minimum atomic E-state index is -3.60. The molecule has 2 atom stereocenters. The van der Waals surface area contributed by atoms with Crippen molar-refractivity contribution < 1.29 is 17.7 Å². The molecule has 0 aliphatic heterocycles. The molecule has 1 heterocycles. The topological polar surface area (TPSA) is 93.4 Å². The molecule has 2 aliphatic rings. The van der Waals surface area contributed by atoms with Gasteiger partial charge in [-0.1, -0.05) is 25.9 Å². The van der Waals surface area contributed by atoms with Crippen LogP contribution in [0.2, 0.25) is 0 Å². The van der Waals surface area contributed by atoms with Gasteiger partial charge in [0.2, 0.25) is 15.9 Å². The van der Waals surface area contributed by atoms with Crippen molar-refractivity contribution in [2.24, 2.45) is 16.7 Å². The number of Topliss-reactive ketones (excluding diaryl/α,β-unsaturated/α-hetero) is 1. The maximum absolute atomic E-state index is 12.9. The fourth-order valence-electron chi connectivity index (χ4n) is 4.32. The molecule has 0 spiro atoms. The van der Waals surface area contributed by atoms with E-state index in [1.807, 2.05) is 20.8 Å². The van der Waals surface area contributed by atoms with Crippen molar-refractivity contribution in [1.29, 1.82) is 0 Å². The summed E-state index contributed by atoms with van der Waals surface area (Å²) in [6.45, 7) is 6.01. The van der Waals surface area contributed by atoms with Crippen LogP contribution in [0, 0.1) is 16.7 Å². The molecule has 2 bridgehead atoms. The first-order chi connectivity index (χ1) is 11.1. The van der Waals surface area contributed by atoms with Crippen molar-refractivity contribution in [3.63, 3.8) is 0 Å². The number of hydrogen-bond donors (Lipinski definition) is 0. The molecular formula is C16H25N3O4S. The number of rotatable bonds is 6. The smallest absolute Gasteiger partial charge is 0.241 e. The van der Waals surface area contributed by atoms with Crippen LogP contribution in [0.15, 0.2) is 4.52 Å². The molecule has 0 N–H and O–H groups in total. The predicted molar refractivity (Wildman–Crippen MR) is 87.5 cm³/mol. The monoisotopic (exact) mass is 355 g/mol. The van der Waals surface area contributed by atoms with Crippen molar-refractivity contribution in [1.82, 2.24) is 14.4 Å². The number of carbonyl (C=O) groups excluding carboxylic acids is 1. The van der Waals surface area contributed by atoms with Crippen molar-refractivity contribution in [3.05, 3.63) is 11.7 Å². The number of fused-ring (bicyclic) bond motifs is 2. The van der Waals surface area contributed by atoms with E-state index in [-0.39, 0.29) is 29.4 Å². The van der Waals surface area contributed by atoms with Crippen molar-refractivity contribution in [3.8, 4) is 0 Å². The molecule has 3 rings (SSSR count). The fourth-order valence-corrected chi connectivity index (χ4v) is 6.14. The van der Waals surface area contributed by atoms with Crippen LogP contribution < -0.4 is 0 Å². The molecular weight excluding hydrogens is 330 g/mol. The summed E-state index contributed by atoms with van der Waals surface area (Å²) in [5.41, 5.74) is -1.02. The predicted octanol–water partition coefficient (Wildman–Crippen LogP) is 1.79. The quantitative estimate of drug-likeness (QED) is 0.772. The van der Waals surface area contributed by atoms with Crippen LogP contribution in [0.4, 0.5) is 0 Å². The number of ketones is 1. The van der Waals surface area contributed by atoms with E-state index in [0.717, 1.165) is 6.42 Å². The molecule has 134 valence electrons. The maximum atomic E-state index is 12.9. The molecule has 1 aromatic heterocycles. The Balaban J connectivity index is 1.79. The van der Waals surface area contributed by atoms with Gasteiger partial charge in [0.25, 0.3) is 0 Å². The Morgan fingerprint density at radius 2 is 2.08 bits per heavy atom. The molecule has 2 aliphatic carbocycles. The lowest BCUT2D eigenvalue weighted by Gasteiger charge is -2.37. The molecule has 1 aromatic rings. The van der Waals surface area contributed by atoms with E-state index in [0.29, 0.717) is 31.0 Å². The highest BCUT2D eigenvalue weighted by atomic mass is 32.2. The van der Waals surface area contributed by atoms with E-state index in [4.69, 9.17) is 4.52 Å². The Kier molecular flexibility index (Phi) is 4.11. The molecule has 7 nitrogen and oxygen atoms in total. The second-order valence-electron chi connectivity index (χ2n) is 7.64. The average Bonchev–Trinajstić information content (AvgIpc) is 3.09. The summed E-state index contributed by atoms with van der Waals surface area (Å²) in [7, 11) is -2.10. The lowest BCUT2D eigenvalue weighted by molar-refractivity contribution is -0.128. The number of carbonyl (C=O) groups is 1. The van der Waals surface area contributed by atoms with Crippen LogP contribution in [-0.2, 0) is 27.8 Å². The van der Waals surface area contributed by atoms with Gasteiger partial charge in [-0.2, -0.15) is 9.29 Å². The van der Waals surface area contributed by atoms with Gasteiger partial charge < -0.3 is 4.52 Å². The van der Waals surface area contributed by atoms with Crippen LogP contribution >= 0.6 is 0 Å². The number of hydrogen-bond acceptors (Lipinski definition) is 6. The van der Waals surface area contributed by atoms with Crippen molar-refractivity contribution >= 4 is 15.8 Å². The van der Waals surface area contributed by atoms with Crippen LogP contribution in [0.5, 0.6) is 0 Å². The number of aryl methyl sites for hydroxylation is 1. The maximum Gasteiger partial charge on any atom is 0.241 e. The van der Waals surface area contributed by atoms with Gasteiger partial charge in [0.15, 0.2) is 5.82 Å². The Morgan fingerprint density at radius 3 is 2.58 bits per heavy atom. The van der Waals surface area contributed by atoms with Crippen LogP contribution in [0.25, 0.3) is 0 Å². The van der Waals surface area contributed by atoms with Gasteiger partial charge in [0.1, 0.15) is 5.78 Å². The minimum Gasteiger partial charge on any atom is -0.338 e. The van der Waals surface area contributed by atoms with E-state index in [2.05, 4.69) is 10.1 Å². The zero-order valence-corrected chi connectivity index (χ0v) is 15.5. The number of nitrogens with zero attached hydrogens (tertiary/aromatic N) is 3. The summed E-state index contributed by atoms with van der Waals surface area (Å²) in [4.78, 5) is 16.7. The Morgan fingerprint density at radius 1 is 1.38 bits per heavy atom. The van der Waals surface area contributed by atoms with Gasteiger partial charge in [0, 0.05) is 25.3 Å². The van der Waals surface area contributed by atoms with Gasteiger partial charge in [-0.25, -0.2) is 8.42 Å². The zero-order chi connectivity index (χ0) is 17.8. The first-order valence-corrected chi connectivity index (χ1v) is 10.0. The Hall–Kier alpha value is -1.28. The lowest BCUT2D eigenvalue weighted by Crippen LogP contribution is -2.45. The molecule has 24 heavy (non-hydrogen) atoms. The summed E-state index contributed by atoms with van der Waals surface area (Å²) in [5, 5.41) is 3.78. The van der Waals surface area contributed by atoms with Crippen LogP contribution in [0.1, 0.15) is 51.7 Å². The molecule has 0 aromatic carbocycles. The zero-order valence-electron chi connectivity index (χ0n) is 14.7. The normalized spacial score (nSPS) is 28.9. The third-order valence-corrected chi connectivity index (χ3v) is 8.16. The molecule has 0 saturated heterocycles. The van der Waals surface area contributed by atoms with Crippen molar-refractivity contribution in [2.75, 3.05) is 12.8 Å². The van der Waals surface area contributed by atoms with Gasteiger partial charge in [-0.3, -0.25) is 4.79 Å². The SMILES string of the molecule is CCc1noc(CN(C)S(=O)(=O)C[C@]23CC[C@H](CC2=O)C3(C)C)n1. The molecule has 8 heteroatoms. The second kappa shape index (κ2) is 5.62. The Bertz CT molecular complexity index is 755. The first kappa shape index (κ1) is 17.5. The summed E-state index contributed by atoms with van der Waals surface area (Å²) < 4.78 is 32.0. The third kappa shape index (κ3) is 2.50. The van der Waals surface area contributed by atoms with Crippen molar-refractivity contribution in [2.45, 2.75) is 53.0 Å². The molecule has 0 radical (unpaired) electrons. The van der Waals surface area contributed by atoms with Gasteiger partial charge >= 0.3 is 0 Å². The van der Waals surface area contributed by atoms with Crippen LogP contribution in [-0.4, -0.2) is 41.4 Å². The first-order valence-electron chi connectivity index (χ1n) is 8.41. The number of aromatic nitrogens is 2. The summed E-state index contributed by atoms with van der Waals surface area (Å²) >= 11 is 0. The largest absolute Gasteiger partial charge is 0.338 e. The summed E-state index contributed by atoms with van der Waals surface area (Å²) in [6.07, 6.45) is 2.74. The van der Waals surface area contributed by atoms with Gasteiger partial charge in [0.05, 0.1) is 12.3 Å². The van der Waals surface area contributed by atoms with E-state index >= 15 is 0 Å². The van der Waals surface area contributed by atoms with E-state index in [9.17, 15) is 13.2 Å². The highest BCUT2D eigenvalue weighted by Crippen LogP contribution is 2.64.